The van der Waals surface area contributed by atoms with Gasteiger partial charge in [-0.05, 0) is 12.1 Å². The van der Waals surface area contributed by atoms with Crippen molar-refractivity contribution in [3.63, 3.8) is 0 Å². The Labute approximate surface area is 123 Å². The number of nitrogens with zero attached hydrogens (tertiary/aromatic N) is 3. The second kappa shape index (κ2) is 4.97. The Morgan fingerprint density at radius 1 is 1.15 bits per heavy atom. The van der Waals surface area contributed by atoms with Crippen LogP contribution >= 0.6 is 22.9 Å². The molecular formula is C11H7ClN4O2S2. The molecule has 0 bridgehead atoms. The maximum atomic E-state index is 12.1. The van der Waals surface area contributed by atoms with E-state index in [2.05, 4.69) is 19.7 Å². The average molecular weight is 327 g/mol. The van der Waals surface area contributed by atoms with Crippen LogP contribution in [0.15, 0.2) is 40.2 Å². The van der Waals surface area contributed by atoms with E-state index in [1.54, 1.807) is 24.3 Å². The van der Waals surface area contributed by atoms with E-state index in [0.29, 0.717) is 11.0 Å². The van der Waals surface area contributed by atoms with Gasteiger partial charge in [-0.2, -0.15) is 0 Å². The summed E-state index contributed by atoms with van der Waals surface area (Å²) in [5, 5.41) is -0.00297. The van der Waals surface area contributed by atoms with E-state index in [1.165, 1.54) is 11.7 Å². The number of thiazole rings is 1. The van der Waals surface area contributed by atoms with Gasteiger partial charge in [-0.15, -0.1) is 11.3 Å². The lowest BCUT2D eigenvalue weighted by molar-refractivity contribution is 0.603. The third-order valence-electron chi connectivity index (χ3n) is 2.43. The van der Waals surface area contributed by atoms with Crippen LogP contribution in [0.25, 0.3) is 11.0 Å². The fourth-order valence-corrected chi connectivity index (χ4v) is 3.60. The summed E-state index contributed by atoms with van der Waals surface area (Å²) in [6.07, 6.45) is 1.26. The Kier molecular flexibility index (Phi) is 3.28. The van der Waals surface area contributed by atoms with E-state index < -0.39 is 10.0 Å². The minimum Gasteiger partial charge on any atom is -0.260 e. The van der Waals surface area contributed by atoms with Crippen molar-refractivity contribution in [3.05, 3.63) is 41.1 Å². The maximum absolute atomic E-state index is 12.1. The Morgan fingerprint density at radius 2 is 1.85 bits per heavy atom. The van der Waals surface area contributed by atoms with E-state index in [0.717, 1.165) is 11.3 Å². The number of fused-ring (bicyclic) bond motifs is 1. The Bertz CT molecular complexity index is 865. The first kappa shape index (κ1) is 13.2. The molecule has 0 radical (unpaired) electrons. The number of nitrogens with one attached hydrogen (secondary N) is 1. The van der Waals surface area contributed by atoms with Crippen LogP contribution in [-0.2, 0) is 10.0 Å². The van der Waals surface area contributed by atoms with Crippen LogP contribution in [0.1, 0.15) is 0 Å². The van der Waals surface area contributed by atoms with Gasteiger partial charge >= 0.3 is 0 Å². The number of rotatable bonds is 3. The molecule has 0 spiro atoms. The Hall–Kier alpha value is -1.77. The van der Waals surface area contributed by atoms with Gasteiger partial charge < -0.3 is 0 Å². The predicted molar refractivity (Wildman–Crippen MR) is 77.5 cm³/mol. The molecule has 0 saturated carbocycles. The molecule has 102 valence electrons. The molecule has 0 aliphatic carbocycles. The minimum absolute atomic E-state index is 0.00114. The van der Waals surface area contributed by atoms with Crippen LogP contribution in [0.5, 0.6) is 0 Å². The lowest BCUT2D eigenvalue weighted by atomic mass is 10.3. The van der Waals surface area contributed by atoms with E-state index in [9.17, 15) is 8.42 Å². The molecule has 0 fully saturated rings. The summed E-state index contributed by atoms with van der Waals surface area (Å²) in [6, 6.07) is 7.06. The molecule has 6 nitrogen and oxygen atoms in total. The zero-order chi connectivity index (χ0) is 14.2. The summed E-state index contributed by atoms with van der Waals surface area (Å²) in [5.74, 6) is -0.00114. The van der Waals surface area contributed by atoms with Crippen molar-refractivity contribution in [2.45, 2.75) is 4.21 Å². The molecule has 0 aliphatic heterocycles. The fourth-order valence-electron chi connectivity index (χ4n) is 1.56. The molecule has 1 aromatic carbocycles. The van der Waals surface area contributed by atoms with Crippen molar-refractivity contribution in [3.8, 4) is 0 Å². The molecule has 1 N–H and O–H groups in total. The Balaban J connectivity index is 2.05. The van der Waals surface area contributed by atoms with Gasteiger partial charge in [-0.1, -0.05) is 23.7 Å². The fraction of sp³-hybridized carbons (Fsp3) is 0. The van der Waals surface area contributed by atoms with Gasteiger partial charge in [0.05, 0.1) is 22.7 Å². The van der Waals surface area contributed by atoms with E-state index >= 15 is 0 Å². The smallest absolute Gasteiger partial charge is 0.260 e. The van der Waals surface area contributed by atoms with Gasteiger partial charge in [0.15, 0.2) is 15.2 Å². The highest BCUT2D eigenvalue weighted by molar-refractivity contribution is 7.94. The first-order valence-corrected chi connectivity index (χ1v) is 8.14. The van der Waals surface area contributed by atoms with Crippen LogP contribution < -0.4 is 4.72 Å². The van der Waals surface area contributed by atoms with Gasteiger partial charge in [0.2, 0.25) is 0 Å². The van der Waals surface area contributed by atoms with Crippen molar-refractivity contribution in [1.82, 2.24) is 15.0 Å². The molecule has 0 unspecified atom stereocenters. The molecule has 9 heteroatoms. The standard InChI is InChI=1S/C11H7ClN4O2S2/c12-10-11(15-8-4-2-1-3-7(8)14-10)16-20(17,18)9-5-13-6-19-9/h1-6H,(H,15,16). The van der Waals surface area contributed by atoms with E-state index in [4.69, 9.17) is 11.6 Å². The number of aromatic nitrogens is 3. The summed E-state index contributed by atoms with van der Waals surface area (Å²) in [6.45, 7) is 0. The Morgan fingerprint density at radius 3 is 2.50 bits per heavy atom. The van der Waals surface area contributed by atoms with Gasteiger partial charge in [-0.3, -0.25) is 9.71 Å². The maximum Gasteiger partial charge on any atom is 0.274 e. The SMILES string of the molecule is O=S(=O)(Nc1nc2ccccc2nc1Cl)c1cncs1. The van der Waals surface area contributed by atoms with Gasteiger partial charge in [-0.25, -0.2) is 18.4 Å². The van der Waals surface area contributed by atoms with Gasteiger partial charge in [0, 0.05) is 0 Å². The zero-order valence-corrected chi connectivity index (χ0v) is 12.2. The lowest BCUT2D eigenvalue weighted by Crippen LogP contribution is -2.13. The first-order chi connectivity index (χ1) is 9.56. The summed E-state index contributed by atoms with van der Waals surface area (Å²) < 4.78 is 26.6. The lowest BCUT2D eigenvalue weighted by Gasteiger charge is -2.07. The van der Waals surface area contributed by atoms with Crippen molar-refractivity contribution >= 4 is 49.8 Å². The van der Waals surface area contributed by atoms with Crippen molar-refractivity contribution < 1.29 is 8.42 Å². The number of anilines is 1. The molecule has 2 aromatic heterocycles. The predicted octanol–water partition coefficient (Wildman–Crippen LogP) is 2.54. The molecule has 0 amide bonds. The number of sulfonamides is 1. The minimum atomic E-state index is -3.74. The third-order valence-corrected chi connectivity index (χ3v) is 5.31. The summed E-state index contributed by atoms with van der Waals surface area (Å²) in [5.41, 5.74) is 2.58. The van der Waals surface area contributed by atoms with Crippen LogP contribution in [0.4, 0.5) is 5.82 Å². The normalized spacial score (nSPS) is 11.7. The second-order valence-corrected chi connectivity index (χ2v) is 6.93. The number of para-hydroxylation sites is 2. The number of benzene rings is 1. The molecule has 3 aromatic rings. The number of hydrogen-bond acceptors (Lipinski definition) is 6. The second-order valence-electron chi connectivity index (χ2n) is 3.78. The van der Waals surface area contributed by atoms with Gasteiger partial charge in [0.1, 0.15) is 0 Å². The monoisotopic (exact) mass is 326 g/mol. The number of halogens is 1. The highest BCUT2D eigenvalue weighted by Gasteiger charge is 2.19. The van der Waals surface area contributed by atoms with E-state index in [-0.39, 0.29) is 15.2 Å². The van der Waals surface area contributed by atoms with Gasteiger partial charge in [0.25, 0.3) is 10.0 Å². The zero-order valence-electron chi connectivity index (χ0n) is 9.82. The number of hydrogen-bond donors (Lipinski definition) is 1. The van der Waals surface area contributed by atoms with Crippen LogP contribution in [0, 0.1) is 0 Å². The van der Waals surface area contributed by atoms with Crippen LogP contribution in [0.2, 0.25) is 5.15 Å². The highest BCUT2D eigenvalue weighted by Crippen LogP contribution is 2.24. The summed E-state index contributed by atoms with van der Waals surface area (Å²) in [4.78, 5) is 12.0. The molecular weight excluding hydrogens is 320 g/mol. The van der Waals surface area contributed by atoms with E-state index in [1.807, 2.05) is 0 Å². The molecule has 0 atom stereocenters. The molecule has 20 heavy (non-hydrogen) atoms. The van der Waals surface area contributed by atoms with Crippen LogP contribution in [0.3, 0.4) is 0 Å². The van der Waals surface area contributed by atoms with Crippen LogP contribution in [-0.4, -0.2) is 23.4 Å². The third kappa shape index (κ3) is 2.45. The highest BCUT2D eigenvalue weighted by atomic mass is 35.5. The van der Waals surface area contributed by atoms with Crippen molar-refractivity contribution in [1.29, 1.82) is 0 Å². The molecule has 0 aliphatic rings. The largest absolute Gasteiger partial charge is 0.274 e. The summed E-state index contributed by atoms with van der Waals surface area (Å²) in [7, 11) is -3.74. The summed E-state index contributed by atoms with van der Waals surface area (Å²) >= 11 is 6.96. The molecule has 2 heterocycles. The van der Waals surface area contributed by atoms with Crippen molar-refractivity contribution in [2.75, 3.05) is 4.72 Å². The molecule has 0 saturated heterocycles. The quantitative estimate of drug-likeness (QED) is 0.799. The molecule has 3 rings (SSSR count). The topological polar surface area (TPSA) is 84.8 Å². The average Bonchev–Trinajstić information content (AvgIpc) is 2.94. The van der Waals surface area contributed by atoms with Crippen molar-refractivity contribution in [2.24, 2.45) is 0 Å². The first-order valence-electron chi connectivity index (χ1n) is 5.40.